The lowest BCUT2D eigenvalue weighted by Crippen LogP contribution is -2.40. The van der Waals surface area contributed by atoms with Gasteiger partial charge in [-0.3, -0.25) is 9.59 Å². The van der Waals surface area contributed by atoms with Crippen molar-refractivity contribution in [3.05, 3.63) is 65.2 Å². The van der Waals surface area contributed by atoms with Crippen LogP contribution in [0, 0.1) is 0 Å². The van der Waals surface area contributed by atoms with Crippen LogP contribution < -0.4 is 9.64 Å². The largest absolute Gasteiger partial charge is 0.507 e. The molecule has 0 bridgehead atoms. The predicted molar refractivity (Wildman–Crippen MR) is 123 cm³/mol. The number of benzene rings is 2. The van der Waals surface area contributed by atoms with Crippen molar-refractivity contribution < 1.29 is 19.4 Å². The summed E-state index contributed by atoms with van der Waals surface area (Å²) in [6.07, 6.45) is 5.02. The number of anilines is 1. The zero-order chi connectivity index (χ0) is 22.2. The van der Waals surface area contributed by atoms with E-state index in [1.165, 1.54) is 0 Å². The number of likely N-dealkylation sites (tertiary alicyclic amines) is 1. The lowest BCUT2D eigenvalue weighted by molar-refractivity contribution is -0.141. The molecule has 1 saturated heterocycles. The van der Waals surface area contributed by atoms with Gasteiger partial charge >= 0.3 is 0 Å². The Kier molecular flexibility index (Phi) is 5.37. The summed E-state index contributed by atoms with van der Waals surface area (Å²) in [5, 5.41) is 11.4. The molecule has 32 heavy (non-hydrogen) atoms. The minimum atomic E-state index is -0.607. The molecule has 6 nitrogen and oxygen atoms in total. The molecule has 1 saturated carbocycles. The topological polar surface area (TPSA) is 70.1 Å². The van der Waals surface area contributed by atoms with Gasteiger partial charge in [0, 0.05) is 18.7 Å². The van der Waals surface area contributed by atoms with Gasteiger partial charge < -0.3 is 19.6 Å². The number of fused-ring (bicyclic) bond motifs is 1. The molecule has 1 aliphatic carbocycles. The number of aliphatic hydroxyl groups excluding tert-OH is 1. The molecule has 5 rings (SSSR count). The number of Topliss-reactive ketones (excluding diaryl/α,β-unsaturated/α-hetero) is 1. The van der Waals surface area contributed by atoms with E-state index >= 15 is 0 Å². The van der Waals surface area contributed by atoms with E-state index in [1.807, 2.05) is 49.5 Å². The normalized spacial score (nSPS) is 23.2. The highest BCUT2D eigenvalue weighted by molar-refractivity contribution is 6.46. The third-order valence-electron chi connectivity index (χ3n) is 6.89. The van der Waals surface area contributed by atoms with Crippen LogP contribution in [0.4, 0.5) is 5.69 Å². The van der Waals surface area contributed by atoms with Gasteiger partial charge in [0.2, 0.25) is 0 Å². The molecule has 2 aromatic carbocycles. The van der Waals surface area contributed by atoms with E-state index in [0.29, 0.717) is 12.2 Å². The smallest absolute Gasteiger partial charge is 0.295 e. The molecular formula is C26H28N2O4. The number of carbonyl (C=O) groups excluding carboxylic acids is 2. The first-order valence-electron chi connectivity index (χ1n) is 11.4. The van der Waals surface area contributed by atoms with Crippen molar-refractivity contribution in [2.45, 2.75) is 44.2 Å². The summed E-state index contributed by atoms with van der Waals surface area (Å²) in [7, 11) is 1.97. The maximum atomic E-state index is 13.3. The van der Waals surface area contributed by atoms with E-state index in [2.05, 4.69) is 4.90 Å². The number of hydrogen-bond acceptors (Lipinski definition) is 5. The fourth-order valence-electron chi connectivity index (χ4n) is 5.20. The van der Waals surface area contributed by atoms with Gasteiger partial charge in [-0.1, -0.05) is 49.6 Å². The second kappa shape index (κ2) is 8.34. The predicted octanol–water partition coefficient (Wildman–Crippen LogP) is 4.27. The maximum Gasteiger partial charge on any atom is 0.295 e. The van der Waals surface area contributed by atoms with Crippen molar-refractivity contribution in [1.29, 1.82) is 0 Å². The second-order valence-electron chi connectivity index (χ2n) is 8.86. The Hall–Kier alpha value is -3.28. The van der Waals surface area contributed by atoms with E-state index < -0.39 is 17.7 Å². The Morgan fingerprint density at radius 3 is 2.53 bits per heavy atom. The Morgan fingerprint density at radius 1 is 1.03 bits per heavy atom. The molecule has 1 atom stereocenters. The number of ketones is 1. The molecule has 166 valence electrons. The number of aliphatic hydroxyl groups is 1. The Balaban J connectivity index is 1.63. The summed E-state index contributed by atoms with van der Waals surface area (Å²) in [4.78, 5) is 30.3. The summed E-state index contributed by atoms with van der Waals surface area (Å²) in [6.45, 7) is 1.35. The van der Waals surface area contributed by atoms with Crippen LogP contribution in [0.3, 0.4) is 0 Å². The number of nitrogens with zero attached hydrogens (tertiary/aromatic N) is 2. The first-order valence-corrected chi connectivity index (χ1v) is 11.4. The summed E-state index contributed by atoms with van der Waals surface area (Å²) in [5.41, 5.74) is 2.39. The standard InChI is InChI=1S/C26H28N2O4/c1-27-14-15-32-21-13-12-18(16-20(21)27)24(29)22-23(17-8-4-2-5-9-17)28(26(31)25(22)30)19-10-6-3-7-11-19/h2,4-5,8-9,12-13,16,19,23,29H,3,6-7,10-11,14-15H2,1H3/b24-22-. The quantitative estimate of drug-likeness (QED) is 0.446. The maximum absolute atomic E-state index is 13.3. The van der Waals surface area contributed by atoms with Gasteiger partial charge in [0.1, 0.15) is 18.1 Å². The number of ether oxygens (including phenoxy) is 1. The Morgan fingerprint density at radius 2 is 1.78 bits per heavy atom. The van der Waals surface area contributed by atoms with E-state index in [0.717, 1.165) is 55.6 Å². The Bertz CT molecular complexity index is 1070. The van der Waals surface area contributed by atoms with Gasteiger partial charge in [-0.15, -0.1) is 0 Å². The summed E-state index contributed by atoms with van der Waals surface area (Å²) in [5.74, 6) is -0.496. The van der Waals surface area contributed by atoms with Crippen LogP contribution in [0.2, 0.25) is 0 Å². The van der Waals surface area contributed by atoms with Crippen molar-refractivity contribution >= 4 is 23.1 Å². The molecule has 2 fully saturated rings. The average Bonchev–Trinajstić information content (AvgIpc) is 3.10. The molecule has 0 aromatic heterocycles. The van der Waals surface area contributed by atoms with Gasteiger partial charge in [-0.05, 0) is 36.6 Å². The monoisotopic (exact) mass is 432 g/mol. The summed E-state index contributed by atoms with van der Waals surface area (Å²) >= 11 is 0. The summed E-state index contributed by atoms with van der Waals surface area (Å²) < 4.78 is 5.71. The van der Waals surface area contributed by atoms with Gasteiger partial charge in [0.15, 0.2) is 0 Å². The second-order valence-corrected chi connectivity index (χ2v) is 8.86. The van der Waals surface area contributed by atoms with E-state index in [1.54, 1.807) is 11.0 Å². The lowest BCUT2D eigenvalue weighted by Gasteiger charge is -2.35. The molecule has 0 spiro atoms. The number of hydrogen-bond donors (Lipinski definition) is 1. The van der Waals surface area contributed by atoms with Crippen molar-refractivity contribution in [2.75, 3.05) is 25.1 Å². The molecule has 2 aliphatic heterocycles. The molecular weight excluding hydrogens is 404 g/mol. The van der Waals surface area contributed by atoms with Crippen LogP contribution >= 0.6 is 0 Å². The fraction of sp³-hybridized carbons (Fsp3) is 0.385. The number of rotatable bonds is 3. The van der Waals surface area contributed by atoms with E-state index in [4.69, 9.17) is 4.74 Å². The van der Waals surface area contributed by atoms with Crippen molar-refractivity contribution in [1.82, 2.24) is 4.90 Å². The molecule has 2 aromatic rings. The highest BCUT2D eigenvalue weighted by Gasteiger charge is 2.48. The third kappa shape index (κ3) is 3.44. The van der Waals surface area contributed by atoms with Crippen LogP contribution in [0.15, 0.2) is 54.1 Å². The SMILES string of the molecule is CN1CCOc2ccc(/C(O)=C3/C(=O)C(=O)N(C4CCCCC4)C3c3ccccc3)cc21. The molecule has 6 heteroatoms. The minimum absolute atomic E-state index is 0.0128. The van der Waals surface area contributed by atoms with Crippen molar-refractivity contribution in [3.63, 3.8) is 0 Å². The molecule has 1 amide bonds. The molecule has 2 heterocycles. The van der Waals surface area contributed by atoms with Crippen molar-refractivity contribution in [2.24, 2.45) is 0 Å². The van der Waals surface area contributed by atoms with Gasteiger partial charge in [-0.2, -0.15) is 0 Å². The number of likely N-dealkylation sites (N-methyl/N-ethyl adjacent to an activating group) is 1. The zero-order valence-corrected chi connectivity index (χ0v) is 18.3. The van der Waals surface area contributed by atoms with E-state index in [-0.39, 0.29) is 17.4 Å². The average molecular weight is 433 g/mol. The Labute approximate surface area is 188 Å². The van der Waals surface area contributed by atoms with Gasteiger partial charge in [0.05, 0.1) is 23.8 Å². The number of carbonyl (C=O) groups is 2. The van der Waals surface area contributed by atoms with Crippen LogP contribution in [0.25, 0.3) is 5.76 Å². The molecule has 3 aliphatic rings. The highest BCUT2D eigenvalue weighted by Crippen LogP contribution is 2.43. The van der Waals surface area contributed by atoms with Crippen LogP contribution in [-0.2, 0) is 9.59 Å². The lowest BCUT2D eigenvalue weighted by atomic mass is 9.91. The first kappa shape index (κ1) is 20.6. The van der Waals surface area contributed by atoms with Gasteiger partial charge in [0.25, 0.3) is 11.7 Å². The summed E-state index contributed by atoms with van der Waals surface area (Å²) in [6, 6.07) is 14.4. The fourth-order valence-corrected chi connectivity index (χ4v) is 5.20. The highest BCUT2D eigenvalue weighted by atomic mass is 16.5. The van der Waals surface area contributed by atoms with Gasteiger partial charge in [-0.25, -0.2) is 0 Å². The minimum Gasteiger partial charge on any atom is -0.507 e. The molecule has 0 radical (unpaired) electrons. The van der Waals surface area contributed by atoms with Crippen LogP contribution in [0.1, 0.15) is 49.3 Å². The van der Waals surface area contributed by atoms with E-state index in [9.17, 15) is 14.7 Å². The molecule has 1 unspecified atom stereocenters. The van der Waals surface area contributed by atoms with Crippen molar-refractivity contribution in [3.8, 4) is 5.75 Å². The van der Waals surface area contributed by atoms with Crippen LogP contribution in [-0.4, -0.2) is 47.9 Å². The van der Waals surface area contributed by atoms with Crippen LogP contribution in [0.5, 0.6) is 5.75 Å². The first-order chi connectivity index (χ1) is 15.6. The zero-order valence-electron chi connectivity index (χ0n) is 18.3. The number of amides is 1. The molecule has 1 N–H and O–H groups in total. The third-order valence-corrected chi connectivity index (χ3v) is 6.89.